The van der Waals surface area contributed by atoms with Gasteiger partial charge in [-0.25, -0.2) is 0 Å². The summed E-state index contributed by atoms with van der Waals surface area (Å²) in [6, 6.07) is 9.24. The first-order chi connectivity index (χ1) is 9.72. The van der Waals surface area contributed by atoms with Crippen molar-refractivity contribution >= 4 is 0 Å². The third-order valence-electron chi connectivity index (χ3n) is 5.51. The molecular weight excluding hydrogens is 240 g/mol. The summed E-state index contributed by atoms with van der Waals surface area (Å²) < 4.78 is 0. The molecule has 1 aromatic carbocycles. The van der Waals surface area contributed by atoms with Crippen molar-refractivity contribution in [2.24, 2.45) is 11.8 Å². The van der Waals surface area contributed by atoms with Gasteiger partial charge in [-0.1, -0.05) is 48.4 Å². The highest BCUT2D eigenvalue weighted by Crippen LogP contribution is 2.41. The van der Waals surface area contributed by atoms with Gasteiger partial charge < -0.3 is 0 Å². The Bertz CT molecular complexity index is 457. The standard InChI is InChI=1S/C20H28/c1-15-3-7-17(8-4-15)19-11-13-20(14-12-19)18-9-5-16(2)6-10-18/h3-4,7-9,16,19-20H,5-6,10-14H2,1-2H3. The molecule has 1 fully saturated rings. The molecule has 1 saturated carbocycles. The first-order valence-electron chi connectivity index (χ1n) is 8.48. The lowest BCUT2D eigenvalue weighted by Crippen LogP contribution is -2.17. The van der Waals surface area contributed by atoms with Crippen LogP contribution in [0.5, 0.6) is 0 Å². The van der Waals surface area contributed by atoms with Crippen molar-refractivity contribution in [3.05, 3.63) is 47.0 Å². The smallest absolute Gasteiger partial charge is 0.0162 e. The topological polar surface area (TPSA) is 0 Å². The van der Waals surface area contributed by atoms with Crippen molar-refractivity contribution in [1.82, 2.24) is 0 Å². The van der Waals surface area contributed by atoms with Crippen molar-refractivity contribution < 1.29 is 0 Å². The highest BCUT2D eigenvalue weighted by Gasteiger charge is 2.25. The summed E-state index contributed by atoms with van der Waals surface area (Å²) in [4.78, 5) is 0. The van der Waals surface area contributed by atoms with Crippen LogP contribution in [0, 0.1) is 18.8 Å². The molecule has 1 atom stereocenters. The molecule has 108 valence electrons. The van der Waals surface area contributed by atoms with Gasteiger partial charge in [0.05, 0.1) is 0 Å². The molecule has 0 nitrogen and oxygen atoms in total. The Kier molecular flexibility index (Phi) is 4.29. The second-order valence-corrected chi connectivity index (χ2v) is 7.12. The van der Waals surface area contributed by atoms with Gasteiger partial charge in [-0.3, -0.25) is 0 Å². The van der Waals surface area contributed by atoms with Crippen molar-refractivity contribution in [2.75, 3.05) is 0 Å². The molecule has 0 radical (unpaired) electrons. The molecule has 0 heteroatoms. The highest BCUT2D eigenvalue weighted by molar-refractivity contribution is 5.25. The predicted molar refractivity (Wildman–Crippen MR) is 87.0 cm³/mol. The van der Waals surface area contributed by atoms with Crippen molar-refractivity contribution in [1.29, 1.82) is 0 Å². The summed E-state index contributed by atoms with van der Waals surface area (Å²) in [7, 11) is 0. The van der Waals surface area contributed by atoms with Crippen LogP contribution in [0.4, 0.5) is 0 Å². The largest absolute Gasteiger partial charge is 0.0848 e. The second kappa shape index (κ2) is 6.16. The minimum absolute atomic E-state index is 0.815. The Morgan fingerprint density at radius 2 is 1.50 bits per heavy atom. The van der Waals surface area contributed by atoms with Crippen molar-refractivity contribution in [2.45, 2.75) is 64.7 Å². The van der Waals surface area contributed by atoms with Crippen LogP contribution in [0.25, 0.3) is 0 Å². The maximum Gasteiger partial charge on any atom is -0.0162 e. The molecule has 0 bridgehead atoms. The van der Waals surface area contributed by atoms with Gasteiger partial charge in [0, 0.05) is 0 Å². The maximum absolute atomic E-state index is 2.57. The zero-order valence-electron chi connectivity index (χ0n) is 13.1. The van der Waals surface area contributed by atoms with Crippen LogP contribution in [-0.2, 0) is 0 Å². The Labute approximate surface area is 124 Å². The minimum Gasteiger partial charge on any atom is -0.0848 e. The van der Waals surface area contributed by atoms with Crippen LogP contribution >= 0.6 is 0 Å². The number of allylic oxidation sites excluding steroid dienone is 2. The van der Waals surface area contributed by atoms with Crippen LogP contribution in [0.3, 0.4) is 0 Å². The number of aryl methyl sites for hydroxylation is 1. The van der Waals surface area contributed by atoms with E-state index in [1.807, 2.05) is 0 Å². The summed E-state index contributed by atoms with van der Waals surface area (Å²) in [5.74, 6) is 2.64. The average Bonchev–Trinajstić information content (AvgIpc) is 2.49. The molecule has 2 aliphatic carbocycles. The van der Waals surface area contributed by atoms with Crippen LogP contribution in [0.1, 0.15) is 68.9 Å². The van der Waals surface area contributed by atoms with Crippen LogP contribution in [0.15, 0.2) is 35.9 Å². The SMILES string of the molecule is Cc1ccc(C2CCC(C3=CCC(C)CC3)CC2)cc1. The molecule has 0 amide bonds. The van der Waals surface area contributed by atoms with Gasteiger partial charge in [0.1, 0.15) is 0 Å². The van der Waals surface area contributed by atoms with E-state index in [-0.39, 0.29) is 0 Å². The predicted octanol–water partition coefficient (Wildman–Crippen LogP) is 6.02. The van der Waals surface area contributed by atoms with E-state index < -0.39 is 0 Å². The number of hydrogen-bond donors (Lipinski definition) is 0. The van der Waals surface area contributed by atoms with E-state index >= 15 is 0 Å². The Morgan fingerprint density at radius 1 is 0.850 bits per heavy atom. The first kappa shape index (κ1) is 13.9. The van der Waals surface area contributed by atoms with E-state index in [0.717, 1.165) is 17.8 Å². The monoisotopic (exact) mass is 268 g/mol. The third kappa shape index (κ3) is 3.16. The van der Waals surface area contributed by atoms with Gasteiger partial charge in [-0.05, 0) is 75.2 Å². The highest BCUT2D eigenvalue weighted by atomic mass is 14.3. The molecule has 0 saturated heterocycles. The van der Waals surface area contributed by atoms with Crippen LogP contribution < -0.4 is 0 Å². The lowest BCUT2D eigenvalue weighted by Gasteiger charge is -2.32. The molecule has 2 aliphatic rings. The van der Waals surface area contributed by atoms with E-state index in [9.17, 15) is 0 Å². The fourth-order valence-corrected chi connectivity index (χ4v) is 3.99. The van der Waals surface area contributed by atoms with Crippen molar-refractivity contribution in [3.8, 4) is 0 Å². The number of benzene rings is 1. The lowest BCUT2D eigenvalue weighted by molar-refractivity contribution is 0.344. The van der Waals surface area contributed by atoms with Gasteiger partial charge in [0.2, 0.25) is 0 Å². The van der Waals surface area contributed by atoms with Gasteiger partial charge in [-0.15, -0.1) is 0 Å². The molecular formula is C20H28. The minimum atomic E-state index is 0.815. The van der Waals surface area contributed by atoms with E-state index in [4.69, 9.17) is 0 Å². The molecule has 0 heterocycles. The van der Waals surface area contributed by atoms with Gasteiger partial charge >= 0.3 is 0 Å². The normalized spacial score (nSPS) is 30.9. The summed E-state index contributed by atoms with van der Waals surface area (Å²) >= 11 is 0. The van der Waals surface area contributed by atoms with E-state index in [0.29, 0.717) is 0 Å². The molecule has 1 aromatic rings. The molecule has 0 aliphatic heterocycles. The summed E-state index contributed by atoms with van der Waals surface area (Å²) in [6.45, 7) is 4.57. The van der Waals surface area contributed by atoms with Gasteiger partial charge in [0.15, 0.2) is 0 Å². The Hall–Kier alpha value is -1.04. The maximum atomic E-state index is 2.57. The molecule has 1 unspecified atom stereocenters. The summed E-state index contributed by atoms with van der Waals surface area (Å²) in [5, 5.41) is 0. The molecule has 0 aromatic heterocycles. The van der Waals surface area contributed by atoms with E-state index in [2.05, 4.69) is 44.2 Å². The second-order valence-electron chi connectivity index (χ2n) is 7.12. The quantitative estimate of drug-likeness (QED) is 0.576. The molecule has 3 rings (SSSR count). The molecule has 0 N–H and O–H groups in total. The lowest BCUT2D eigenvalue weighted by atomic mass is 9.73. The number of hydrogen-bond acceptors (Lipinski definition) is 0. The Balaban J connectivity index is 1.58. The Morgan fingerprint density at radius 3 is 2.10 bits per heavy atom. The van der Waals surface area contributed by atoms with E-state index in [1.165, 1.54) is 50.5 Å². The summed E-state index contributed by atoms with van der Waals surface area (Å²) in [6.07, 6.45) is 12.3. The number of rotatable bonds is 2. The summed E-state index contributed by atoms with van der Waals surface area (Å²) in [5.41, 5.74) is 4.75. The fraction of sp³-hybridized carbons (Fsp3) is 0.600. The van der Waals surface area contributed by atoms with Crippen LogP contribution in [0.2, 0.25) is 0 Å². The zero-order chi connectivity index (χ0) is 13.9. The van der Waals surface area contributed by atoms with E-state index in [1.54, 1.807) is 11.1 Å². The van der Waals surface area contributed by atoms with Gasteiger partial charge in [0.25, 0.3) is 0 Å². The third-order valence-corrected chi connectivity index (χ3v) is 5.51. The molecule has 0 spiro atoms. The van der Waals surface area contributed by atoms with Crippen LogP contribution in [-0.4, -0.2) is 0 Å². The van der Waals surface area contributed by atoms with Gasteiger partial charge in [-0.2, -0.15) is 0 Å². The first-order valence-corrected chi connectivity index (χ1v) is 8.48. The van der Waals surface area contributed by atoms with Crippen molar-refractivity contribution in [3.63, 3.8) is 0 Å². The molecule has 20 heavy (non-hydrogen) atoms. The zero-order valence-corrected chi connectivity index (χ0v) is 13.1. The average molecular weight is 268 g/mol. The fourth-order valence-electron chi connectivity index (χ4n) is 3.99.